The molecule has 3 rings (SSSR count). The number of rotatable bonds is 2. The van der Waals surface area contributed by atoms with Gasteiger partial charge in [-0.25, -0.2) is 0 Å². The second-order valence-corrected chi connectivity index (χ2v) is 4.80. The van der Waals surface area contributed by atoms with Gasteiger partial charge in [-0.1, -0.05) is 18.2 Å². The largest absolute Gasteiger partial charge is 0.288 e. The molecule has 98 valence electrons. The van der Waals surface area contributed by atoms with Crippen LogP contribution >= 0.6 is 0 Å². The van der Waals surface area contributed by atoms with Crippen molar-refractivity contribution in [3.8, 4) is 0 Å². The Balaban J connectivity index is 2.18. The number of aryl methyl sites for hydroxylation is 2. The Morgan fingerprint density at radius 2 is 1.75 bits per heavy atom. The topological polar surface area (TPSA) is 42.9 Å². The minimum atomic E-state index is -0.0284. The molecule has 0 atom stereocenters. The van der Waals surface area contributed by atoms with Crippen molar-refractivity contribution in [3.05, 3.63) is 71.2 Å². The quantitative estimate of drug-likeness (QED) is 0.664. The number of aromatic nitrogens is 2. The lowest BCUT2D eigenvalue weighted by Gasteiger charge is -2.07. The zero-order chi connectivity index (χ0) is 14.1. The molecular weight excluding hydrogens is 248 g/mol. The highest BCUT2D eigenvalue weighted by atomic mass is 16.1. The predicted octanol–water partition coefficient (Wildman–Crippen LogP) is 3.48. The molecule has 3 aromatic rings. The molecule has 0 aliphatic carbocycles. The van der Waals surface area contributed by atoms with Crippen molar-refractivity contribution in [2.24, 2.45) is 0 Å². The summed E-state index contributed by atoms with van der Waals surface area (Å²) in [7, 11) is 0. The number of carbonyl (C=O) groups excluding carboxylic acids is 1. The van der Waals surface area contributed by atoms with E-state index in [2.05, 4.69) is 9.97 Å². The second kappa shape index (κ2) is 4.85. The molecule has 1 aromatic carbocycles. The van der Waals surface area contributed by atoms with E-state index in [4.69, 9.17) is 0 Å². The van der Waals surface area contributed by atoms with Crippen LogP contribution in [0.25, 0.3) is 10.9 Å². The summed E-state index contributed by atoms with van der Waals surface area (Å²) in [5.74, 6) is -0.0284. The SMILES string of the molecule is Cc1ccc(C(=O)c2cccc3cccnc23)c(C)n1. The number of pyridine rings is 2. The molecule has 3 nitrogen and oxygen atoms in total. The highest BCUT2D eigenvalue weighted by Crippen LogP contribution is 2.20. The number of ketones is 1. The van der Waals surface area contributed by atoms with Gasteiger partial charge < -0.3 is 0 Å². The van der Waals surface area contributed by atoms with Gasteiger partial charge in [0.25, 0.3) is 0 Å². The molecule has 0 aliphatic rings. The standard InChI is InChI=1S/C17H14N2O/c1-11-8-9-14(12(2)19-11)17(20)15-7-3-5-13-6-4-10-18-16(13)15/h3-10H,1-2H3. The first kappa shape index (κ1) is 12.5. The van der Waals surface area contributed by atoms with E-state index in [0.717, 1.165) is 22.3 Å². The highest BCUT2D eigenvalue weighted by Gasteiger charge is 2.15. The third-order valence-electron chi connectivity index (χ3n) is 3.35. The van der Waals surface area contributed by atoms with Crippen LogP contribution in [0.1, 0.15) is 27.3 Å². The number of para-hydroxylation sites is 1. The number of hydrogen-bond acceptors (Lipinski definition) is 3. The molecule has 0 aliphatic heterocycles. The van der Waals surface area contributed by atoms with E-state index >= 15 is 0 Å². The van der Waals surface area contributed by atoms with E-state index in [-0.39, 0.29) is 5.78 Å². The summed E-state index contributed by atoms with van der Waals surface area (Å²) in [6.45, 7) is 3.78. The van der Waals surface area contributed by atoms with Crippen molar-refractivity contribution in [2.45, 2.75) is 13.8 Å². The van der Waals surface area contributed by atoms with Gasteiger partial charge in [-0.05, 0) is 38.1 Å². The highest BCUT2D eigenvalue weighted by molar-refractivity contribution is 6.15. The van der Waals surface area contributed by atoms with Crippen molar-refractivity contribution in [1.29, 1.82) is 0 Å². The predicted molar refractivity (Wildman–Crippen MR) is 78.9 cm³/mol. The monoisotopic (exact) mass is 262 g/mol. The summed E-state index contributed by atoms with van der Waals surface area (Å²) in [5.41, 5.74) is 3.66. The van der Waals surface area contributed by atoms with Crippen LogP contribution in [0.3, 0.4) is 0 Å². The Kier molecular flexibility index (Phi) is 3.03. The molecular formula is C17H14N2O. The third kappa shape index (κ3) is 2.07. The second-order valence-electron chi connectivity index (χ2n) is 4.80. The Hall–Kier alpha value is -2.55. The Bertz CT molecular complexity index is 804. The van der Waals surface area contributed by atoms with Crippen molar-refractivity contribution in [3.63, 3.8) is 0 Å². The van der Waals surface area contributed by atoms with Crippen LogP contribution in [0.15, 0.2) is 48.7 Å². The van der Waals surface area contributed by atoms with Crippen LogP contribution < -0.4 is 0 Å². The van der Waals surface area contributed by atoms with Crippen LogP contribution in [-0.2, 0) is 0 Å². The summed E-state index contributed by atoms with van der Waals surface area (Å²) in [4.78, 5) is 21.4. The lowest BCUT2D eigenvalue weighted by molar-refractivity contribution is 0.103. The van der Waals surface area contributed by atoms with Crippen LogP contribution in [0.5, 0.6) is 0 Å². The Labute approximate surface area is 117 Å². The lowest BCUT2D eigenvalue weighted by atomic mass is 9.99. The van der Waals surface area contributed by atoms with Gasteiger partial charge in [-0.2, -0.15) is 0 Å². The molecule has 0 bridgehead atoms. The summed E-state index contributed by atoms with van der Waals surface area (Å²) < 4.78 is 0. The Morgan fingerprint density at radius 1 is 0.950 bits per heavy atom. The maximum Gasteiger partial charge on any atom is 0.197 e. The van der Waals surface area contributed by atoms with E-state index in [1.807, 2.05) is 56.3 Å². The minimum Gasteiger partial charge on any atom is -0.288 e. The summed E-state index contributed by atoms with van der Waals surface area (Å²) in [5, 5.41) is 0.969. The smallest absolute Gasteiger partial charge is 0.197 e. The minimum absolute atomic E-state index is 0.0284. The average Bonchev–Trinajstić information content (AvgIpc) is 2.46. The van der Waals surface area contributed by atoms with Gasteiger partial charge in [-0.3, -0.25) is 14.8 Å². The van der Waals surface area contributed by atoms with Gasteiger partial charge in [0.1, 0.15) is 0 Å². The fourth-order valence-electron chi connectivity index (χ4n) is 2.36. The molecule has 2 aromatic heterocycles. The van der Waals surface area contributed by atoms with Gasteiger partial charge in [0.15, 0.2) is 5.78 Å². The van der Waals surface area contributed by atoms with E-state index in [1.54, 1.807) is 6.20 Å². The number of carbonyl (C=O) groups is 1. The van der Waals surface area contributed by atoms with Gasteiger partial charge >= 0.3 is 0 Å². The van der Waals surface area contributed by atoms with E-state index < -0.39 is 0 Å². The fraction of sp³-hybridized carbons (Fsp3) is 0.118. The first-order chi connectivity index (χ1) is 9.66. The van der Waals surface area contributed by atoms with E-state index in [1.165, 1.54) is 0 Å². The normalized spacial score (nSPS) is 10.7. The van der Waals surface area contributed by atoms with Gasteiger partial charge in [0, 0.05) is 34.1 Å². The molecule has 20 heavy (non-hydrogen) atoms. The van der Waals surface area contributed by atoms with Gasteiger partial charge in [0.05, 0.1) is 5.52 Å². The van der Waals surface area contributed by atoms with Crippen LogP contribution in [0.2, 0.25) is 0 Å². The number of nitrogens with zero attached hydrogens (tertiary/aromatic N) is 2. The molecule has 0 radical (unpaired) electrons. The summed E-state index contributed by atoms with van der Waals surface area (Å²) in [6, 6.07) is 13.2. The van der Waals surface area contributed by atoms with Crippen LogP contribution in [0, 0.1) is 13.8 Å². The maximum absolute atomic E-state index is 12.7. The lowest BCUT2D eigenvalue weighted by Crippen LogP contribution is -2.06. The molecule has 0 amide bonds. The number of fused-ring (bicyclic) bond motifs is 1. The molecule has 3 heteroatoms. The van der Waals surface area contributed by atoms with Crippen molar-refractivity contribution in [2.75, 3.05) is 0 Å². The molecule has 0 unspecified atom stereocenters. The zero-order valence-electron chi connectivity index (χ0n) is 11.4. The molecule has 0 N–H and O–H groups in total. The number of benzene rings is 1. The maximum atomic E-state index is 12.7. The zero-order valence-corrected chi connectivity index (χ0v) is 11.4. The van der Waals surface area contributed by atoms with Crippen molar-refractivity contribution < 1.29 is 4.79 Å². The molecule has 0 saturated heterocycles. The van der Waals surface area contributed by atoms with Crippen LogP contribution in [0.4, 0.5) is 0 Å². The number of hydrogen-bond donors (Lipinski definition) is 0. The van der Waals surface area contributed by atoms with Crippen LogP contribution in [-0.4, -0.2) is 15.8 Å². The molecule has 0 fully saturated rings. The van der Waals surface area contributed by atoms with E-state index in [0.29, 0.717) is 11.1 Å². The summed E-state index contributed by atoms with van der Waals surface area (Å²) in [6.07, 6.45) is 1.71. The first-order valence-electron chi connectivity index (χ1n) is 6.49. The van der Waals surface area contributed by atoms with Gasteiger partial charge in [0.2, 0.25) is 0 Å². The Morgan fingerprint density at radius 3 is 2.55 bits per heavy atom. The molecule has 0 spiro atoms. The van der Waals surface area contributed by atoms with Crippen molar-refractivity contribution in [1.82, 2.24) is 9.97 Å². The fourth-order valence-corrected chi connectivity index (χ4v) is 2.36. The van der Waals surface area contributed by atoms with E-state index in [9.17, 15) is 4.79 Å². The molecule has 2 heterocycles. The molecule has 0 saturated carbocycles. The third-order valence-corrected chi connectivity index (χ3v) is 3.35. The summed E-state index contributed by atoms with van der Waals surface area (Å²) >= 11 is 0. The van der Waals surface area contributed by atoms with Gasteiger partial charge in [-0.15, -0.1) is 0 Å². The average molecular weight is 262 g/mol. The van der Waals surface area contributed by atoms with Crippen molar-refractivity contribution >= 4 is 16.7 Å². The first-order valence-corrected chi connectivity index (χ1v) is 6.49.